The average molecular weight is 309 g/mol. The van der Waals surface area contributed by atoms with Crippen LogP contribution in [-0.2, 0) is 0 Å². The van der Waals surface area contributed by atoms with Crippen LogP contribution in [0.5, 0.6) is 0 Å². The summed E-state index contributed by atoms with van der Waals surface area (Å²) in [6.07, 6.45) is 2.45. The van der Waals surface area contributed by atoms with Gasteiger partial charge in [0.1, 0.15) is 0 Å². The molecule has 3 nitrogen and oxygen atoms in total. The number of benzene rings is 1. The molecule has 0 radical (unpaired) electrons. The molecular formula is C14H17BrN2O. The molecular weight excluding hydrogens is 292 g/mol. The number of rotatable bonds is 2. The van der Waals surface area contributed by atoms with E-state index < -0.39 is 0 Å². The molecule has 18 heavy (non-hydrogen) atoms. The third-order valence-electron chi connectivity index (χ3n) is 4.09. The van der Waals surface area contributed by atoms with E-state index in [1.807, 2.05) is 24.3 Å². The Morgan fingerprint density at radius 3 is 2.61 bits per heavy atom. The largest absolute Gasteiger partial charge is 0.348 e. The molecule has 1 aromatic carbocycles. The molecule has 3 heterocycles. The molecule has 1 amide bonds. The maximum atomic E-state index is 12.3. The van der Waals surface area contributed by atoms with Crippen molar-refractivity contribution in [2.75, 3.05) is 19.6 Å². The highest BCUT2D eigenvalue weighted by molar-refractivity contribution is 9.10. The van der Waals surface area contributed by atoms with Crippen molar-refractivity contribution < 1.29 is 4.79 Å². The van der Waals surface area contributed by atoms with Crippen LogP contribution in [0.3, 0.4) is 0 Å². The summed E-state index contributed by atoms with van der Waals surface area (Å²) < 4.78 is 0.865. The van der Waals surface area contributed by atoms with E-state index in [0.29, 0.717) is 12.0 Å². The van der Waals surface area contributed by atoms with Gasteiger partial charge >= 0.3 is 0 Å². The van der Waals surface area contributed by atoms with Crippen molar-refractivity contribution >= 4 is 21.8 Å². The predicted molar refractivity (Wildman–Crippen MR) is 74.6 cm³/mol. The third-order valence-corrected chi connectivity index (χ3v) is 4.78. The van der Waals surface area contributed by atoms with Crippen LogP contribution in [0.4, 0.5) is 0 Å². The van der Waals surface area contributed by atoms with E-state index in [2.05, 4.69) is 26.1 Å². The number of amides is 1. The number of fused-ring (bicyclic) bond motifs is 3. The Bertz CT molecular complexity index is 455. The number of hydrogen-bond acceptors (Lipinski definition) is 2. The molecule has 0 spiro atoms. The Balaban J connectivity index is 1.70. The first kappa shape index (κ1) is 12.2. The first-order chi connectivity index (χ1) is 8.74. The van der Waals surface area contributed by atoms with E-state index in [1.165, 1.54) is 25.9 Å². The summed E-state index contributed by atoms with van der Waals surface area (Å²) in [6.45, 7) is 3.42. The highest BCUT2D eigenvalue weighted by atomic mass is 79.9. The fourth-order valence-electron chi connectivity index (χ4n) is 3.02. The van der Waals surface area contributed by atoms with E-state index in [9.17, 15) is 4.79 Å². The number of piperidine rings is 3. The molecule has 0 aliphatic carbocycles. The molecule has 1 atom stereocenters. The van der Waals surface area contributed by atoms with Gasteiger partial charge in [0.15, 0.2) is 0 Å². The molecule has 3 aliphatic rings. The Morgan fingerprint density at radius 1 is 1.28 bits per heavy atom. The second-order valence-corrected chi connectivity index (χ2v) is 6.05. The highest BCUT2D eigenvalue weighted by Crippen LogP contribution is 2.28. The summed E-state index contributed by atoms with van der Waals surface area (Å²) in [5.74, 6) is 0.711. The summed E-state index contributed by atoms with van der Waals surface area (Å²) in [4.78, 5) is 14.7. The third kappa shape index (κ3) is 2.31. The Morgan fingerprint density at radius 2 is 2.00 bits per heavy atom. The zero-order chi connectivity index (χ0) is 12.5. The lowest BCUT2D eigenvalue weighted by Gasteiger charge is -2.44. The average Bonchev–Trinajstić information content (AvgIpc) is 2.40. The standard InChI is InChI=1S/C14H17BrN2O/c15-12-4-2-1-3-11(12)14(18)16-13-9-17-7-5-10(13)6-8-17/h1-4,10,13H,5-9H2,(H,16,18). The van der Waals surface area contributed by atoms with Crippen LogP contribution in [-0.4, -0.2) is 36.5 Å². The quantitative estimate of drug-likeness (QED) is 0.909. The molecule has 0 saturated carbocycles. The first-order valence-electron chi connectivity index (χ1n) is 6.52. The van der Waals surface area contributed by atoms with Crippen LogP contribution in [0.15, 0.2) is 28.7 Å². The minimum atomic E-state index is 0.0428. The minimum absolute atomic E-state index is 0.0428. The van der Waals surface area contributed by atoms with Gasteiger partial charge in [0, 0.05) is 17.1 Å². The van der Waals surface area contributed by atoms with E-state index >= 15 is 0 Å². The monoisotopic (exact) mass is 308 g/mol. The van der Waals surface area contributed by atoms with Crippen LogP contribution in [0, 0.1) is 5.92 Å². The predicted octanol–water partition coefficient (Wildman–Crippen LogP) is 2.27. The van der Waals surface area contributed by atoms with Gasteiger partial charge in [-0.1, -0.05) is 12.1 Å². The Hall–Kier alpha value is -0.870. The molecule has 3 saturated heterocycles. The topological polar surface area (TPSA) is 32.3 Å². The number of halogens is 1. The van der Waals surface area contributed by atoms with Crippen molar-refractivity contribution in [2.45, 2.75) is 18.9 Å². The van der Waals surface area contributed by atoms with Gasteiger partial charge in [-0.15, -0.1) is 0 Å². The number of nitrogens with one attached hydrogen (secondary N) is 1. The van der Waals surface area contributed by atoms with Crippen molar-refractivity contribution in [3.8, 4) is 0 Å². The summed E-state index contributed by atoms with van der Waals surface area (Å²) in [5, 5.41) is 3.20. The number of carbonyl (C=O) groups excluding carboxylic acids is 1. The molecule has 3 aliphatic heterocycles. The normalized spacial score (nSPS) is 30.2. The molecule has 1 unspecified atom stereocenters. The number of carbonyl (C=O) groups is 1. The zero-order valence-corrected chi connectivity index (χ0v) is 11.8. The van der Waals surface area contributed by atoms with Crippen LogP contribution >= 0.6 is 15.9 Å². The summed E-state index contributed by atoms with van der Waals surface area (Å²) in [5.41, 5.74) is 0.731. The van der Waals surface area contributed by atoms with E-state index in [-0.39, 0.29) is 5.91 Å². The van der Waals surface area contributed by atoms with Gasteiger partial charge in [0.25, 0.3) is 5.91 Å². The molecule has 3 fully saturated rings. The molecule has 1 aromatic rings. The van der Waals surface area contributed by atoms with Gasteiger partial charge in [-0.05, 0) is 59.9 Å². The lowest BCUT2D eigenvalue weighted by atomic mass is 9.84. The Kier molecular flexibility index (Phi) is 3.39. The lowest BCUT2D eigenvalue weighted by molar-refractivity contribution is 0.0620. The van der Waals surface area contributed by atoms with E-state index in [1.54, 1.807) is 0 Å². The molecule has 1 N–H and O–H groups in total. The second kappa shape index (κ2) is 5.02. The van der Waals surface area contributed by atoms with Gasteiger partial charge in [-0.3, -0.25) is 4.79 Å². The summed E-state index contributed by atoms with van der Waals surface area (Å²) >= 11 is 3.43. The SMILES string of the molecule is O=C(NC1CN2CCC1CC2)c1ccccc1Br. The van der Waals surface area contributed by atoms with Gasteiger partial charge in [0.05, 0.1) is 5.56 Å². The Labute approximate surface area is 116 Å². The molecule has 0 aromatic heterocycles. The van der Waals surface area contributed by atoms with Crippen molar-refractivity contribution in [2.24, 2.45) is 5.92 Å². The number of nitrogens with zero attached hydrogens (tertiary/aromatic N) is 1. The minimum Gasteiger partial charge on any atom is -0.348 e. The maximum Gasteiger partial charge on any atom is 0.252 e. The second-order valence-electron chi connectivity index (χ2n) is 5.20. The molecule has 4 heteroatoms. The molecule has 2 bridgehead atoms. The zero-order valence-electron chi connectivity index (χ0n) is 10.2. The summed E-state index contributed by atoms with van der Waals surface area (Å²) in [6, 6.07) is 7.92. The summed E-state index contributed by atoms with van der Waals surface area (Å²) in [7, 11) is 0. The van der Waals surface area contributed by atoms with Crippen molar-refractivity contribution in [1.29, 1.82) is 0 Å². The van der Waals surface area contributed by atoms with Crippen LogP contribution in [0.25, 0.3) is 0 Å². The highest BCUT2D eigenvalue weighted by Gasteiger charge is 2.35. The van der Waals surface area contributed by atoms with Gasteiger partial charge in [-0.25, -0.2) is 0 Å². The van der Waals surface area contributed by atoms with Gasteiger partial charge in [0.2, 0.25) is 0 Å². The van der Waals surface area contributed by atoms with Crippen molar-refractivity contribution in [3.63, 3.8) is 0 Å². The van der Waals surface area contributed by atoms with Crippen molar-refractivity contribution in [3.05, 3.63) is 34.3 Å². The van der Waals surface area contributed by atoms with Gasteiger partial charge < -0.3 is 10.2 Å². The van der Waals surface area contributed by atoms with Crippen molar-refractivity contribution in [1.82, 2.24) is 10.2 Å². The van der Waals surface area contributed by atoms with Gasteiger partial charge in [-0.2, -0.15) is 0 Å². The fraction of sp³-hybridized carbons (Fsp3) is 0.500. The molecule has 4 rings (SSSR count). The van der Waals surface area contributed by atoms with Crippen LogP contribution in [0.2, 0.25) is 0 Å². The fourth-order valence-corrected chi connectivity index (χ4v) is 3.48. The number of hydrogen-bond donors (Lipinski definition) is 1. The van der Waals surface area contributed by atoms with E-state index in [0.717, 1.165) is 16.6 Å². The lowest BCUT2D eigenvalue weighted by Crippen LogP contribution is -2.57. The van der Waals surface area contributed by atoms with E-state index in [4.69, 9.17) is 0 Å². The first-order valence-corrected chi connectivity index (χ1v) is 7.31. The maximum absolute atomic E-state index is 12.3. The van der Waals surface area contributed by atoms with Crippen LogP contribution in [0.1, 0.15) is 23.2 Å². The molecule has 96 valence electrons. The smallest absolute Gasteiger partial charge is 0.252 e. The van der Waals surface area contributed by atoms with Crippen LogP contribution < -0.4 is 5.32 Å².